The Morgan fingerprint density at radius 1 is 0.747 bits per heavy atom. The maximum absolute atomic E-state index is 15.9. The van der Waals surface area contributed by atoms with Gasteiger partial charge in [0.25, 0.3) is 0 Å². The molecule has 4 fully saturated rings. The van der Waals surface area contributed by atoms with E-state index in [2.05, 4.69) is 47.0 Å². The average Bonchev–Trinajstić information content (AvgIpc) is 1.52. The third kappa shape index (κ3) is 13.1. The van der Waals surface area contributed by atoms with Crippen LogP contribution in [-0.2, 0) is 62.6 Å². The maximum Gasteiger partial charge on any atom is 0.509 e. The summed E-state index contributed by atoms with van der Waals surface area (Å²) in [6, 6.07) is 43.1. The van der Waals surface area contributed by atoms with Crippen molar-refractivity contribution in [3.05, 3.63) is 185 Å². The molecule has 0 radical (unpaired) electrons. The molecule has 1 aliphatic heterocycles. The lowest BCUT2D eigenvalue weighted by molar-refractivity contribution is -0.323. The molecule has 10 rings (SSSR count). The zero-order valence-electron chi connectivity index (χ0n) is 52.4. The summed E-state index contributed by atoms with van der Waals surface area (Å²) in [6.45, 7) is 12.3. The number of alkyl carbamates (subject to hydrolysis) is 1. The van der Waals surface area contributed by atoms with Crippen molar-refractivity contribution in [2.75, 3.05) is 38.4 Å². The number of hydrogen-bond donors (Lipinski definition) is 3. The molecule has 11 atom stereocenters. The van der Waals surface area contributed by atoms with Gasteiger partial charge in [0, 0.05) is 49.1 Å². The maximum atomic E-state index is 15.9. The molecule has 19 nitrogen and oxygen atoms in total. The van der Waals surface area contributed by atoms with Gasteiger partial charge in [-0.1, -0.05) is 157 Å². The van der Waals surface area contributed by atoms with Crippen LogP contribution >= 0.6 is 21.6 Å². The molecule has 0 aromatic heterocycles. The molecule has 91 heavy (non-hydrogen) atoms. The summed E-state index contributed by atoms with van der Waals surface area (Å²) in [5, 5.41) is 20.7. The van der Waals surface area contributed by atoms with Gasteiger partial charge < -0.3 is 53.1 Å². The molecule has 1 saturated heterocycles. The second kappa shape index (κ2) is 26.9. The van der Waals surface area contributed by atoms with Crippen LogP contribution in [0.15, 0.2) is 157 Å². The molecule has 3 saturated carbocycles. The summed E-state index contributed by atoms with van der Waals surface area (Å²) in [4.78, 5) is 101. The number of benzene rings is 5. The van der Waals surface area contributed by atoms with E-state index in [1.807, 2.05) is 48.5 Å². The highest BCUT2D eigenvalue weighted by molar-refractivity contribution is 8.76. The van der Waals surface area contributed by atoms with Gasteiger partial charge in [0.1, 0.15) is 47.9 Å². The van der Waals surface area contributed by atoms with E-state index in [9.17, 15) is 29.1 Å². The molecule has 3 N–H and O–H groups in total. The number of Topliss-reactive ketones (excluding diaryl/α,β-unsaturated/α-hetero) is 1. The SMILES string of the molecule is COc1ccc(C(NCCSSCCOC(=O)O[C@@H](C(=O)O[C@H]2C[C@@]3(O)[C@@H](OC(=O)c4ccccc4)[C@@H]4[C@]5(OC(C)=O)CO[C@@H]5C[C@@H]5C[C@@]54C(=O)[C@H](OC(C)=O)C(=C2C)C3(C)C)[C@@H](NC(=O)OC(C)(C)C)c2ccccc2)(c2ccccc2)c2ccccc2)cc1. The number of carbonyl (C=O) groups excluding carboxylic acids is 7. The summed E-state index contributed by atoms with van der Waals surface area (Å²) < 4.78 is 54.4. The first kappa shape index (κ1) is 66.2. The monoisotopic (exact) mass is 1280 g/mol. The molecule has 2 bridgehead atoms. The summed E-state index contributed by atoms with van der Waals surface area (Å²) in [5.74, 6) is -4.30. The van der Waals surface area contributed by atoms with Gasteiger partial charge in [0.15, 0.2) is 17.5 Å². The summed E-state index contributed by atoms with van der Waals surface area (Å²) in [5.41, 5.74) is -5.10. The number of ether oxygens (including phenoxy) is 9. The van der Waals surface area contributed by atoms with Gasteiger partial charge in [-0.2, -0.15) is 0 Å². The van der Waals surface area contributed by atoms with E-state index in [0.29, 0.717) is 18.1 Å². The number of methoxy groups -OCH3 is 1. The molecule has 21 heteroatoms. The largest absolute Gasteiger partial charge is 0.509 e. The molecular weight excluding hydrogens is 1200 g/mol. The number of fused-ring (bicyclic) bond motifs is 4. The molecule has 1 heterocycles. The van der Waals surface area contributed by atoms with Crippen LogP contribution in [0.5, 0.6) is 5.75 Å². The number of esters is 4. The lowest BCUT2D eigenvalue weighted by Gasteiger charge is -2.64. The highest BCUT2D eigenvalue weighted by Gasteiger charge is 2.84. The smallest absolute Gasteiger partial charge is 0.497 e. The Bertz CT molecular complexity index is 3470. The second-order valence-electron chi connectivity index (χ2n) is 25.3. The van der Waals surface area contributed by atoms with Gasteiger partial charge >= 0.3 is 36.1 Å². The molecule has 0 unspecified atom stereocenters. The van der Waals surface area contributed by atoms with E-state index in [1.165, 1.54) is 29.9 Å². The van der Waals surface area contributed by atoms with E-state index < -0.39 is 130 Å². The predicted molar refractivity (Wildman–Crippen MR) is 338 cm³/mol. The van der Waals surface area contributed by atoms with Gasteiger partial charge in [-0.3, -0.25) is 19.7 Å². The zero-order chi connectivity index (χ0) is 65.1. The molecule has 1 amide bonds. The van der Waals surface area contributed by atoms with Crippen LogP contribution in [0, 0.1) is 22.7 Å². The highest BCUT2D eigenvalue weighted by Crippen LogP contribution is 2.75. The molecule has 5 aliphatic rings. The van der Waals surface area contributed by atoms with Crippen LogP contribution in [0.25, 0.3) is 0 Å². The van der Waals surface area contributed by atoms with E-state index >= 15 is 9.59 Å². The number of aliphatic hydroxyl groups is 1. The predicted octanol–water partition coefficient (Wildman–Crippen LogP) is 10.6. The first-order valence-electron chi connectivity index (χ1n) is 30.5. The van der Waals surface area contributed by atoms with Crippen molar-refractivity contribution < 1.29 is 81.3 Å². The van der Waals surface area contributed by atoms with Crippen molar-refractivity contribution in [3.8, 4) is 5.75 Å². The Hall–Kier alpha value is -7.69. The minimum atomic E-state index is -2.36. The number of rotatable bonds is 22. The van der Waals surface area contributed by atoms with Gasteiger partial charge in [-0.15, -0.1) is 0 Å². The van der Waals surface area contributed by atoms with Crippen LogP contribution in [0.1, 0.15) is 113 Å². The minimum Gasteiger partial charge on any atom is -0.497 e. The number of amides is 1. The third-order valence-corrected chi connectivity index (χ3v) is 20.7. The summed E-state index contributed by atoms with van der Waals surface area (Å²) in [7, 11) is 4.64. The van der Waals surface area contributed by atoms with Crippen molar-refractivity contribution >= 4 is 63.5 Å². The van der Waals surface area contributed by atoms with E-state index in [0.717, 1.165) is 29.4 Å². The van der Waals surface area contributed by atoms with E-state index in [4.69, 9.17) is 42.6 Å². The number of nitrogens with one attached hydrogen (secondary N) is 2. The number of carbonyl (C=O) groups is 7. The van der Waals surface area contributed by atoms with Crippen molar-refractivity contribution in [1.29, 1.82) is 0 Å². The Balaban J connectivity index is 0.935. The fraction of sp³-hybridized carbons (Fsp3) is 0.443. The van der Waals surface area contributed by atoms with E-state index in [1.54, 1.807) is 108 Å². The quantitative estimate of drug-likeness (QED) is 0.0146. The van der Waals surface area contributed by atoms with Gasteiger partial charge in [-0.25, -0.2) is 19.2 Å². The first-order valence-corrected chi connectivity index (χ1v) is 32.9. The van der Waals surface area contributed by atoms with Gasteiger partial charge in [0.05, 0.1) is 30.7 Å². The first-order chi connectivity index (χ1) is 43.4. The lowest BCUT2D eigenvalue weighted by Crippen LogP contribution is -2.78. The van der Waals surface area contributed by atoms with Crippen LogP contribution in [-0.4, -0.2) is 133 Å². The van der Waals surface area contributed by atoms with Crippen molar-refractivity contribution in [2.45, 2.75) is 134 Å². The van der Waals surface area contributed by atoms with Crippen LogP contribution < -0.4 is 15.4 Å². The van der Waals surface area contributed by atoms with Crippen molar-refractivity contribution in [1.82, 2.24) is 10.6 Å². The zero-order valence-corrected chi connectivity index (χ0v) is 54.1. The Morgan fingerprint density at radius 3 is 1.91 bits per heavy atom. The molecule has 5 aromatic rings. The molecule has 482 valence electrons. The normalized spacial score (nSPS) is 25.9. The molecule has 5 aromatic carbocycles. The van der Waals surface area contributed by atoms with Gasteiger partial charge in [0.2, 0.25) is 6.10 Å². The number of hydrogen-bond acceptors (Lipinski definition) is 20. The standard InChI is InChI=1S/C70H78N2O17S2/c1-42-52(40-69(80)60(87-61(76)46-24-16-11-17-25-46)58-67(59(75)56(84-43(2)73)54(42)66(69,7)8)39-50(67)38-53-68(58,41-83-53)88-44(3)74)85-62(77)57(55(45-22-14-10-15-23-45)72-63(78)89-65(4,5)6)86-64(79)82-35-37-91-90-36-34-71-70(47-26-18-12-19-27-47,48-28-20-13-21-29-48)49-30-32-51(81-9)33-31-49/h10-33,50,52-53,55-58,60,71,80H,34-41H2,1-9H3,(H,72,78)/t50-,52+,53-,55+,56-,57-,58+,60+,67-,68+,69-/m1/s1. The van der Waals surface area contributed by atoms with Crippen LogP contribution in [0.3, 0.4) is 0 Å². The minimum absolute atomic E-state index is 0.0745. The average molecular weight is 1280 g/mol. The Kier molecular flexibility index (Phi) is 19.6. The topological polar surface area (TPSA) is 247 Å². The number of ketones is 1. The van der Waals surface area contributed by atoms with E-state index in [-0.39, 0.29) is 48.3 Å². The van der Waals surface area contributed by atoms with Crippen LogP contribution in [0.4, 0.5) is 9.59 Å². The summed E-state index contributed by atoms with van der Waals surface area (Å²) in [6.07, 6.45) is -10.1. The van der Waals surface area contributed by atoms with Crippen molar-refractivity contribution in [3.63, 3.8) is 0 Å². The summed E-state index contributed by atoms with van der Waals surface area (Å²) >= 11 is 0. The highest BCUT2D eigenvalue weighted by atomic mass is 33.1. The van der Waals surface area contributed by atoms with Crippen molar-refractivity contribution in [2.24, 2.45) is 22.7 Å². The van der Waals surface area contributed by atoms with Gasteiger partial charge in [-0.05, 0) is 104 Å². The second-order valence-corrected chi connectivity index (χ2v) is 28.0. The molecule has 1 spiro atoms. The molecular formula is C70H78N2O17S2. The van der Waals surface area contributed by atoms with Crippen LogP contribution in [0.2, 0.25) is 0 Å². The third-order valence-electron chi connectivity index (χ3n) is 18.4. The fourth-order valence-corrected chi connectivity index (χ4v) is 16.0. The Labute approximate surface area is 537 Å². The fourth-order valence-electron chi connectivity index (χ4n) is 14.2. The Morgan fingerprint density at radius 2 is 1.34 bits per heavy atom. The molecule has 4 aliphatic carbocycles. The lowest BCUT2D eigenvalue weighted by atomic mass is 9.48.